The summed E-state index contributed by atoms with van der Waals surface area (Å²) in [5.41, 5.74) is 1.26. The van der Waals surface area contributed by atoms with Gasteiger partial charge in [0.25, 0.3) is 0 Å². The van der Waals surface area contributed by atoms with Gasteiger partial charge >= 0.3 is 0 Å². The van der Waals surface area contributed by atoms with Crippen molar-refractivity contribution in [2.45, 2.75) is 18.9 Å². The van der Waals surface area contributed by atoms with Gasteiger partial charge < -0.3 is 14.2 Å². The second kappa shape index (κ2) is 5.07. The molecular weight excluding hydrogens is 216 g/mol. The van der Waals surface area contributed by atoms with E-state index in [1.165, 1.54) is 5.56 Å². The standard InChI is InChI=1S/C14H18O3/c1-2-4-14-12(3-1)7-13(10-17-14)16-9-11-5-6-15-8-11/h1-4,11,13H,5-10H2/t11?,13-/m1/s1. The van der Waals surface area contributed by atoms with Gasteiger partial charge in [0.2, 0.25) is 0 Å². The van der Waals surface area contributed by atoms with E-state index in [9.17, 15) is 0 Å². The molecule has 1 aromatic carbocycles. The van der Waals surface area contributed by atoms with Gasteiger partial charge in [0, 0.05) is 18.9 Å². The Morgan fingerprint density at radius 1 is 1.24 bits per heavy atom. The molecule has 92 valence electrons. The predicted octanol–water partition coefficient (Wildman–Crippen LogP) is 2.04. The van der Waals surface area contributed by atoms with E-state index < -0.39 is 0 Å². The number of hydrogen-bond donors (Lipinski definition) is 0. The fourth-order valence-corrected chi connectivity index (χ4v) is 2.39. The van der Waals surface area contributed by atoms with Crippen LogP contribution in [0.15, 0.2) is 24.3 Å². The van der Waals surface area contributed by atoms with Crippen molar-refractivity contribution in [2.75, 3.05) is 26.4 Å². The Morgan fingerprint density at radius 2 is 2.18 bits per heavy atom. The second-order valence-electron chi connectivity index (χ2n) is 4.81. The molecule has 1 fully saturated rings. The van der Waals surface area contributed by atoms with Crippen molar-refractivity contribution < 1.29 is 14.2 Å². The minimum absolute atomic E-state index is 0.200. The summed E-state index contributed by atoms with van der Waals surface area (Å²) in [6.07, 6.45) is 2.29. The Labute approximate surface area is 102 Å². The first kappa shape index (κ1) is 11.1. The van der Waals surface area contributed by atoms with E-state index >= 15 is 0 Å². The van der Waals surface area contributed by atoms with E-state index in [1.54, 1.807) is 0 Å². The normalized spacial score (nSPS) is 27.5. The van der Waals surface area contributed by atoms with E-state index in [0.717, 1.165) is 38.4 Å². The van der Waals surface area contributed by atoms with Crippen molar-refractivity contribution in [3.63, 3.8) is 0 Å². The summed E-state index contributed by atoms with van der Waals surface area (Å²) in [5, 5.41) is 0. The molecule has 1 aromatic rings. The molecule has 2 aliphatic rings. The molecule has 0 amide bonds. The van der Waals surface area contributed by atoms with Gasteiger partial charge in [0.15, 0.2) is 0 Å². The highest BCUT2D eigenvalue weighted by Crippen LogP contribution is 2.25. The number of fused-ring (bicyclic) bond motifs is 1. The molecule has 2 heterocycles. The molecule has 3 heteroatoms. The van der Waals surface area contributed by atoms with Gasteiger partial charge in [-0.25, -0.2) is 0 Å². The SMILES string of the molecule is c1ccc2c(c1)C[C@@H](OCC1CCOC1)CO2. The number of ether oxygens (including phenoxy) is 3. The van der Waals surface area contributed by atoms with Gasteiger partial charge in [0.1, 0.15) is 12.4 Å². The van der Waals surface area contributed by atoms with Gasteiger partial charge in [-0.1, -0.05) is 18.2 Å². The molecule has 1 saturated heterocycles. The van der Waals surface area contributed by atoms with Crippen molar-refractivity contribution >= 4 is 0 Å². The van der Waals surface area contributed by atoms with Crippen LogP contribution < -0.4 is 4.74 Å². The van der Waals surface area contributed by atoms with E-state index in [1.807, 2.05) is 12.1 Å². The zero-order chi connectivity index (χ0) is 11.5. The molecule has 3 rings (SSSR count). The number of para-hydroxylation sites is 1. The number of benzene rings is 1. The molecule has 0 spiro atoms. The fourth-order valence-electron chi connectivity index (χ4n) is 2.39. The Hall–Kier alpha value is -1.06. The maximum absolute atomic E-state index is 5.92. The highest BCUT2D eigenvalue weighted by atomic mass is 16.5. The van der Waals surface area contributed by atoms with Crippen LogP contribution in [0.5, 0.6) is 5.75 Å². The maximum Gasteiger partial charge on any atom is 0.122 e. The largest absolute Gasteiger partial charge is 0.491 e. The molecule has 0 radical (unpaired) electrons. The minimum atomic E-state index is 0.200. The third-order valence-corrected chi connectivity index (χ3v) is 3.44. The number of hydrogen-bond acceptors (Lipinski definition) is 3. The lowest BCUT2D eigenvalue weighted by Crippen LogP contribution is -2.30. The fraction of sp³-hybridized carbons (Fsp3) is 0.571. The molecule has 2 atom stereocenters. The quantitative estimate of drug-likeness (QED) is 0.801. The van der Waals surface area contributed by atoms with Crippen LogP contribution in [-0.4, -0.2) is 32.5 Å². The Bertz CT molecular complexity index is 371. The van der Waals surface area contributed by atoms with Crippen molar-refractivity contribution in [2.24, 2.45) is 5.92 Å². The van der Waals surface area contributed by atoms with Crippen LogP contribution in [0.1, 0.15) is 12.0 Å². The van der Waals surface area contributed by atoms with Crippen molar-refractivity contribution in [1.29, 1.82) is 0 Å². The summed E-state index contributed by atoms with van der Waals surface area (Å²) < 4.78 is 17.0. The summed E-state index contributed by atoms with van der Waals surface area (Å²) in [5.74, 6) is 1.59. The van der Waals surface area contributed by atoms with E-state index in [0.29, 0.717) is 12.5 Å². The lowest BCUT2D eigenvalue weighted by atomic mass is 10.0. The molecule has 0 aliphatic carbocycles. The van der Waals surface area contributed by atoms with Gasteiger partial charge in [-0.05, 0) is 18.1 Å². The van der Waals surface area contributed by atoms with Crippen molar-refractivity contribution in [1.82, 2.24) is 0 Å². The van der Waals surface area contributed by atoms with Crippen LogP contribution in [0.4, 0.5) is 0 Å². The van der Waals surface area contributed by atoms with Crippen LogP contribution in [0.2, 0.25) is 0 Å². The maximum atomic E-state index is 5.92. The van der Waals surface area contributed by atoms with Gasteiger partial charge in [-0.2, -0.15) is 0 Å². The number of rotatable bonds is 3. The summed E-state index contributed by atoms with van der Waals surface area (Å²) in [4.78, 5) is 0. The Balaban J connectivity index is 1.53. The Morgan fingerprint density at radius 3 is 3.06 bits per heavy atom. The lowest BCUT2D eigenvalue weighted by Gasteiger charge is -2.26. The van der Waals surface area contributed by atoms with Gasteiger partial charge in [-0.3, -0.25) is 0 Å². The zero-order valence-electron chi connectivity index (χ0n) is 9.93. The van der Waals surface area contributed by atoms with Crippen LogP contribution in [0.3, 0.4) is 0 Å². The first-order chi connectivity index (χ1) is 8.42. The molecule has 3 nitrogen and oxygen atoms in total. The van der Waals surface area contributed by atoms with E-state index in [4.69, 9.17) is 14.2 Å². The molecule has 0 N–H and O–H groups in total. The summed E-state index contributed by atoms with van der Waals surface area (Å²) >= 11 is 0. The molecule has 1 unspecified atom stereocenters. The highest BCUT2D eigenvalue weighted by molar-refractivity contribution is 5.35. The minimum Gasteiger partial charge on any atom is -0.491 e. The van der Waals surface area contributed by atoms with Crippen LogP contribution >= 0.6 is 0 Å². The first-order valence-electron chi connectivity index (χ1n) is 6.32. The van der Waals surface area contributed by atoms with Crippen LogP contribution in [0.25, 0.3) is 0 Å². The van der Waals surface area contributed by atoms with E-state index in [2.05, 4.69) is 12.1 Å². The van der Waals surface area contributed by atoms with E-state index in [-0.39, 0.29) is 6.10 Å². The Kier molecular flexibility index (Phi) is 3.29. The molecule has 17 heavy (non-hydrogen) atoms. The third-order valence-electron chi connectivity index (χ3n) is 3.44. The first-order valence-corrected chi connectivity index (χ1v) is 6.32. The highest BCUT2D eigenvalue weighted by Gasteiger charge is 2.22. The van der Waals surface area contributed by atoms with Crippen molar-refractivity contribution in [3.05, 3.63) is 29.8 Å². The summed E-state index contributed by atoms with van der Waals surface area (Å²) in [7, 11) is 0. The predicted molar refractivity (Wildman–Crippen MR) is 64.3 cm³/mol. The molecule has 0 saturated carbocycles. The second-order valence-corrected chi connectivity index (χ2v) is 4.81. The molecule has 0 bridgehead atoms. The lowest BCUT2D eigenvalue weighted by molar-refractivity contribution is -0.00738. The van der Waals surface area contributed by atoms with Gasteiger partial charge in [0.05, 0.1) is 19.3 Å². The zero-order valence-corrected chi connectivity index (χ0v) is 9.93. The smallest absolute Gasteiger partial charge is 0.122 e. The van der Waals surface area contributed by atoms with Gasteiger partial charge in [-0.15, -0.1) is 0 Å². The monoisotopic (exact) mass is 234 g/mol. The summed E-state index contributed by atoms with van der Waals surface area (Å²) in [6.45, 7) is 3.21. The average Bonchev–Trinajstić information content (AvgIpc) is 2.89. The average molecular weight is 234 g/mol. The molecular formula is C14H18O3. The van der Waals surface area contributed by atoms with Crippen LogP contribution in [0, 0.1) is 5.92 Å². The molecule has 2 aliphatic heterocycles. The topological polar surface area (TPSA) is 27.7 Å². The van der Waals surface area contributed by atoms with Crippen molar-refractivity contribution in [3.8, 4) is 5.75 Å². The molecule has 0 aromatic heterocycles. The summed E-state index contributed by atoms with van der Waals surface area (Å²) in [6, 6.07) is 8.20. The third kappa shape index (κ3) is 2.61. The van der Waals surface area contributed by atoms with Crippen LogP contribution in [-0.2, 0) is 15.9 Å².